The molecule has 0 fully saturated rings. The average Bonchev–Trinajstić information content (AvgIpc) is 3.03. The van der Waals surface area contributed by atoms with Crippen LogP contribution in [0.4, 0.5) is 0 Å². The van der Waals surface area contributed by atoms with Crippen molar-refractivity contribution in [2.75, 3.05) is 0 Å². The van der Waals surface area contributed by atoms with Crippen molar-refractivity contribution in [3.63, 3.8) is 0 Å². The van der Waals surface area contributed by atoms with Gasteiger partial charge in [0.1, 0.15) is 0 Å². The van der Waals surface area contributed by atoms with E-state index in [1.165, 1.54) is 5.56 Å². The molecule has 0 amide bonds. The highest BCUT2D eigenvalue weighted by molar-refractivity contribution is 6.11. The Morgan fingerprint density at radius 2 is 1.75 bits per heavy atom. The predicted molar refractivity (Wildman–Crippen MR) is 95.1 cm³/mol. The molecule has 0 aliphatic heterocycles. The summed E-state index contributed by atoms with van der Waals surface area (Å²) in [6.07, 6.45) is 0. The van der Waals surface area contributed by atoms with E-state index in [4.69, 9.17) is 4.52 Å². The molecule has 0 spiro atoms. The Balaban J connectivity index is 2.16. The van der Waals surface area contributed by atoms with Gasteiger partial charge >= 0.3 is 0 Å². The highest BCUT2D eigenvalue weighted by Gasteiger charge is 2.20. The number of ketones is 1. The lowest BCUT2D eigenvalue weighted by Gasteiger charge is -2.09. The van der Waals surface area contributed by atoms with E-state index in [2.05, 4.69) is 47.0 Å². The largest absolute Gasteiger partial charge is 0.356 e. The predicted octanol–water partition coefficient (Wildman–Crippen LogP) is 4.90. The highest BCUT2D eigenvalue weighted by Crippen LogP contribution is 2.33. The van der Waals surface area contributed by atoms with Crippen LogP contribution in [0.25, 0.3) is 27.6 Å². The molecule has 4 rings (SSSR count). The van der Waals surface area contributed by atoms with Crippen molar-refractivity contribution in [2.45, 2.75) is 27.7 Å². The number of hydrogen-bond donors (Lipinski definition) is 0. The average molecular weight is 318 g/mol. The van der Waals surface area contributed by atoms with Crippen molar-refractivity contribution in [1.82, 2.24) is 9.72 Å². The second-order valence-corrected chi connectivity index (χ2v) is 6.32. The first-order valence-electron chi connectivity index (χ1n) is 7.96. The van der Waals surface area contributed by atoms with Crippen LogP contribution in [0.1, 0.15) is 34.2 Å². The minimum Gasteiger partial charge on any atom is -0.356 e. The molecule has 0 aliphatic carbocycles. The number of benzene rings is 2. The van der Waals surface area contributed by atoms with Gasteiger partial charge in [0.2, 0.25) is 0 Å². The second-order valence-electron chi connectivity index (χ2n) is 6.32. The summed E-state index contributed by atoms with van der Waals surface area (Å²) in [6, 6.07) is 12.3. The zero-order valence-electron chi connectivity index (χ0n) is 14.2. The molecule has 4 aromatic rings. The van der Waals surface area contributed by atoms with Gasteiger partial charge in [0.25, 0.3) is 0 Å². The summed E-state index contributed by atoms with van der Waals surface area (Å²) in [5, 5.41) is 5.92. The topological polar surface area (TPSA) is 48.0 Å². The van der Waals surface area contributed by atoms with Gasteiger partial charge in [-0.15, -0.1) is 0 Å². The van der Waals surface area contributed by atoms with Crippen LogP contribution >= 0.6 is 0 Å². The van der Waals surface area contributed by atoms with E-state index >= 15 is 0 Å². The molecule has 0 radical (unpaired) electrons. The Kier molecular flexibility index (Phi) is 3.10. The van der Waals surface area contributed by atoms with E-state index in [0.717, 1.165) is 38.9 Å². The molecule has 4 nitrogen and oxygen atoms in total. The van der Waals surface area contributed by atoms with Crippen LogP contribution in [0.5, 0.6) is 0 Å². The summed E-state index contributed by atoms with van der Waals surface area (Å²) >= 11 is 0. The molecule has 0 unspecified atom stereocenters. The van der Waals surface area contributed by atoms with E-state index in [1.807, 2.05) is 19.9 Å². The van der Waals surface area contributed by atoms with Gasteiger partial charge in [0.05, 0.1) is 11.2 Å². The lowest BCUT2D eigenvalue weighted by atomic mass is 10.1. The van der Waals surface area contributed by atoms with Crippen LogP contribution in [0.15, 0.2) is 40.9 Å². The van der Waals surface area contributed by atoms with Crippen molar-refractivity contribution >= 4 is 27.7 Å². The van der Waals surface area contributed by atoms with Crippen molar-refractivity contribution in [2.24, 2.45) is 0 Å². The fourth-order valence-corrected chi connectivity index (χ4v) is 3.44. The summed E-state index contributed by atoms with van der Waals surface area (Å²) < 4.78 is 7.53. The molecule has 0 N–H and O–H groups in total. The zero-order chi connectivity index (χ0) is 17.0. The molecule has 2 aromatic heterocycles. The van der Waals surface area contributed by atoms with Gasteiger partial charge in [-0.2, -0.15) is 0 Å². The summed E-state index contributed by atoms with van der Waals surface area (Å²) in [7, 11) is 0. The second kappa shape index (κ2) is 5.06. The molecular formula is C20H18N2O2. The van der Waals surface area contributed by atoms with Gasteiger partial charge in [0.15, 0.2) is 11.4 Å². The van der Waals surface area contributed by atoms with E-state index < -0.39 is 0 Å². The summed E-state index contributed by atoms with van der Waals surface area (Å²) in [6.45, 7) is 7.59. The van der Waals surface area contributed by atoms with Gasteiger partial charge in [0, 0.05) is 27.7 Å². The van der Waals surface area contributed by atoms with E-state index in [9.17, 15) is 4.79 Å². The monoisotopic (exact) mass is 318 g/mol. The molecule has 2 heterocycles. The molecule has 0 saturated carbocycles. The quantitative estimate of drug-likeness (QED) is 0.494. The van der Waals surface area contributed by atoms with Crippen LogP contribution in [0.3, 0.4) is 0 Å². The van der Waals surface area contributed by atoms with Gasteiger partial charge in [-0.05, 0) is 52.0 Å². The number of fused-ring (bicyclic) bond motifs is 2. The smallest absolute Gasteiger partial charge is 0.167 e. The fourth-order valence-electron chi connectivity index (χ4n) is 3.44. The molecule has 120 valence electrons. The summed E-state index contributed by atoms with van der Waals surface area (Å²) in [5.74, 6) is 0.0546. The van der Waals surface area contributed by atoms with Gasteiger partial charge in [-0.1, -0.05) is 22.9 Å². The molecule has 0 aliphatic rings. The Labute approximate surface area is 139 Å². The number of carbonyl (C=O) groups is 1. The van der Waals surface area contributed by atoms with Crippen molar-refractivity contribution in [3.05, 3.63) is 58.9 Å². The normalized spacial score (nSPS) is 11.5. The third kappa shape index (κ3) is 1.99. The minimum absolute atomic E-state index is 0.0546. The number of aromatic nitrogens is 2. The van der Waals surface area contributed by atoms with Crippen LogP contribution < -0.4 is 0 Å². The van der Waals surface area contributed by atoms with Crippen LogP contribution in [-0.2, 0) is 0 Å². The maximum atomic E-state index is 12.3. The molecule has 0 bridgehead atoms. The van der Waals surface area contributed by atoms with Gasteiger partial charge in [-0.3, -0.25) is 4.79 Å². The molecule has 2 aromatic carbocycles. The third-order valence-corrected chi connectivity index (χ3v) is 4.62. The van der Waals surface area contributed by atoms with Gasteiger partial charge in [-0.25, -0.2) is 0 Å². The SMILES string of the molecule is CC(=O)c1c(C)n(-c2ccc(C)cc2)c2cc3c(C)noc3cc12. The number of Topliss-reactive ketones (excluding diaryl/α,β-unsaturated/α-hetero) is 1. The number of aryl methyl sites for hydroxylation is 2. The maximum absolute atomic E-state index is 12.3. The van der Waals surface area contributed by atoms with E-state index in [-0.39, 0.29) is 5.78 Å². The van der Waals surface area contributed by atoms with Crippen molar-refractivity contribution < 1.29 is 9.32 Å². The Hall–Kier alpha value is -2.88. The van der Waals surface area contributed by atoms with E-state index in [1.54, 1.807) is 6.92 Å². The highest BCUT2D eigenvalue weighted by atomic mass is 16.5. The maximum Gasteiger partial charge on any atom is 0.167 e. The zero-order valence-corrected chi connectivity index (χ0v) is 14.2. The first kappa shape index (κ1) is 14.7. The fraction of sp³-hybridized carbons (Fsp3) is 0.200. The van der Waals surface area contributed by atoms with Crippen molar-refractivity contribution in [3.8, 4) is 5.69 Å². The molecule has 4 heteroatoms. The van der Waals surface area contributed by atoms with Crippen LogP contribution in [0, 0.1) is 20.8 Å². The molecule has 0 atom stereocenters. The van der Waals surface area contributed by atoms with Crippen LogP contribution in [0.2, 0.25) is 0 Å². The number of rotatable bonds is 2. The Bertz CT molecular complexity index is 1100. The number of hydrogen-bond acceptors (Lipinski definition) is 3. The Morgan fingerprint density at radius 3 is 2.42 bits per heavy atom. The number of nitrogens with zero attached hydrogens (tertiary/aromatic N) is 2. The molecule has 0 saturated heterocycles. The van der Waals surface area contributed by atoms with Crippen molar-refractivity contribution in [1.29, 1.82) is 0 Å². The molecule has 24 heavy (non-hydrogen) atoms. The lowest BCUT2D eigenvalue weighted by molar-refractivity contribution is 0.101. The lowest BCUT2D eigenvalue weighted by Crippen LogP contribution is -1.99. The van der Waals surface area contributed by atoms with E-state index in [0.29, 0.717) is 5.58 Å². The first-order valence-corrected chi connectivity index (χ1v) is 7.96. The summed E-state index contributed by atoms with van der Waals surface area (Å²) in [5.41, 5.74) is 6.50. The number of carbonyl (C=O) groups excluding carboxylic acids is 1. The standard InChI is InChI=1S/C20H18N2O2/c1-11-5-7-15(8-6-11)22-13(3)20(14(4)23)17-10-19-16(9-18(17)22)12(2)21-24-19/h5-10H,1-4H3. The van der Waals surface area contributed by atoms with Crippen LogP contribution in [-0.4, -0.2) is 15.5 Å². The third-order valence-electron chi connectivity index (χ3n) is 4.62. The van der Waals surface area contributed by atoms with Gasteiger partial charge < -0.3 is 9.09 Å². The Morgan fingerprint density at radius 1 is 1.04 bits per heavy atom. The minimum atomic E-state index is 0.0546. The first-order chi connectivity index (χ1) is 11.5. The molecular weight excluding hydrogens is 300 g/mol. The summed E-state index contributed by atoms with van der Waals surface area (Å²) in [4.78, 5) is 12.3.